The molecule has 0 unspecified atom stereocenters. The fourth-order valence-electron chi connectivity index (χ4n) is 3.74. The molecule has 0 spiro atoms. The van der Waals surface area contributed by atoms with Crippen LogP contribution in [0.5, 0.6) is 0 Å². The summed E-state index contributed by atoms with van der Waals surface area (Å²) in [5.74, 6) is 0.156. The molecule has 3 nitrogen and oxygen atoms in total. The van der Waals surface area contributed by atoms with Crippen molar-refractivity contribution in [3.63, 3.8) is 0 Å². The summed E-state index contributed by atoms with van der Waals surface area (Å²) in [6.45, 7) is 12.9. The first kappa shape index (κ1) is 23.9. The predicted molar refractivity (Wildman–Crippen MR) is 124 cm³/mol. The van der Waals surface area contributed by atoms with Gasteiger partial charge in [-0.3, -0.25) is 0 Å². The summed E-state index contributed by atoms with van der Waals surface area (Å²) in [6, 6.07) is 0. The Hall–Kier alpha value is -0.361. The first-order chi connectivity index (χ1) is 13.3. The van der Waals surface area contributed by atoms with E-state index in [1.54, 1.807) is 2.89 Å². The summed E-state index contributed by atoms with van der Waals surface area (Å²) in [7, 11) is 0. The molecule has 2 rings (SSSR count). The zero-order chi connectivity index (χ0) is 20.8. The molecule has 2 radical (unpaired) electrons. The summed E-state index contributed by atoms with van der Waals surface area (Å²) in [6.07, 6.45) is 16.3. The van der Waals surface area contributed by atoms with Crippen LogP contribution < -0.4 is 2.89 Å². The van der Waals surface area contributed by atoms with Gasteiger partial charge >= 0.3 is 187 Å². The molecular formula is C23H38N2OSSn. The zero-order valence-electron chi connectivity index (χ0n) is 18.7. The number of hydrogen-bond acceptors (Lipinski definition) is 3. The van der Waals surface area contributed by atoms with Crippen LogP contribution >= 0.6 is 11.3 Å². The molecule has 28 heavy (non-hydrogen) atoms. The number of rotatable bonds is 12. The Bertz CT molecular complexity index is 735. The van der Waals surface area contributed by atoms with E-state index < -0.39 is 21.1 Å². The summed E-state index contributed by atoms with van der Waals surface area (Å²) >= 11 is 1.10. The van der Waals surface area contributed by atoms with E-state index >= 15 is 0 Å². The van der Waals surface area contributed by atoms with Crippen LogP contribution in [0.15, 0.2) is 12.5 Å². The van der Waals surface area contributed by atoms with Gasteiger partial charge in [0, 0.05) is 0 Å². The normalized spacial score (nSPS) is 12.8. The second-order valence-corrected chi connectivity index (χ2v) is 16.5. The minimum absolute atomic E-state index is 0.156. The van der Waals surface area contributed by atoms with Crippen molar-refractivity contribution in [1.82, 2.24) is 9.38 Å². The van der Waals surface area contributed by atoms with Gasteiger partial charge in [0.05, 0.1) is 0 Å². The van der Waals surface area contributed by atoms with E-state index in [-0.39, 0.29) is 11.2 Å². The third kappa shape index (κ3) is 6.07. The van der Waals surface area contributed by atoms with Crippen LogP contribution in [-0.4, -0.2) is 36.3 Å². The Morgan fingerprint density at radius 2 is 1.57 bits per heavy atom. The number of unbranched alkanes of at least 4 members (excludes halogenated alkanes) is 3. The van der Waals surface area contributed by atoms with E-state index in [4.69, 9.17) is 0 Å². The van der Waals surface area contributed by atoms with Crippen LogP contribution in [-0.2, 0) is 0 Å². The molecule has 5 heteroatoms. The molecule has 2 aromatic heterocycles. The van der Waals surface area contributed by atoms with Crippen LogP contribution in [0.3, 0.4) is 0 Å². The number of fused-ring (bicyclic) bond motifs is 1. The Balaban J connectivity index is 2.33. The first-order valence-corrected chi connectivity index (χ1v) is 14.7. The summed E-state index contributed by atoms with van der Waals surface area (Å²) < 4.78 is 4.27. The van der Waals surface area contributed by atoms with E-state index in [2.05, 4.69) is 36.4 Å². The van der Waals surface area contributed by atoms with Gasteiger partial charge in [0.15, 0.2) is 0 Å². The van der Waals surface area contributed by atoms with Gasteiger partial charge in [0.2, 0.25) is 0 Å². The molecule has 0 saturated heterocycles. The Morgan fingerprint density at radius 3 is 2.04 bits per heavy atom. The van der Waals surface area contributed by atoms with Crippen LogP contribution in [0, 0.1) is 5.41 Å². The molecule has 2 aromatic rings. The molecule has 0 aliphatic rings. The van der Waals surface area contributed by atoms with E-state index in [0.29, 0.717) is 9.12 Å². The van der Waals surface area contributed by atoms with E-state index in [9.17, 15) is 4.79 Å². The van der Waals surface area contributed by atoms with Crippen molar-refractivity contribution in [2.45, 2.75) is 103 Å². The number of carbonyl (C=O) groups is 1. The number of nitrogens with zero attached hydrogens (tertiary/aromatic N) is 2. The number of ketones is 1. The molecule has 0 atom stereocenters. The Morgan fingerprint density at radius 1 is 1.04 bits per heavy atom. The first-order valence-electron chi connectivity index (χ1n) is 11.1. The molecule has 0 aliphatic heterocycles. The second-order valence-electron chi connectivity index (χ2n) is 9.20. The summed E-state index contributed by atoms with van der Waals surface area (Å²) in [5, 5.41) is 0. The van der Waals surface area contributed by atoms with Crippen molar-refractivity contribution in [1.29, 1.82) is 0 Å². The molecule has 0 aliphatic carbocycles. The minimum atomic E-state index is -0.759. The van der Waals surface area contributed by atoms with Crippen LogP contribution in [0.2, 0.25) is 3.43 Å². The van der Waals surface area contributed by atoms with Crippen molar-refractivity contribution in [3.05, 3.63) is 18.2 Å². The van der Waals surface area contributed by atoms with E-state index in [0.717, 1.165) is 4.83 Å². The number of Topliss-reactive ketones (excluding diaryl/α,β-unsaturated/α-hetero) is 1. The van der Waals surface area contributed by atoms with Gasteiger partial charge in [-0.05, 0) is 0 Å². The van der Waals surface area contributed by atoms with Crippen LogP contribution in [0.25, 0.3) is 4.83 Å². The molecule has 0 amide bonds. The van der Waals surface area contributed by atoms with Gasteiger partial charge in [-0.1, -0.05) is 0 Å². The van der Waals surface area contributed by atoms with Gasteiger partial charge in [-0.25, -0.2) is 0 Å². The van der Waals surface area contributed by atoms with Crippen molar-refractivity contribution < 1.29 is 4.79 Å². The van der Waals surface area contributed by atoms with Gasteiger partial charge < -0.3 is 0 Å². The molecule has 156 valence electrons. The van der Waals surface area contributed by atoms with Gasteiger partial charge in [0.25, 0.3) is 0 Å². The quantitative estimate of drug-likeness (QED) is 0.236. The number of carbonyl (C=O) groups excluding carboxylic acids is 1. The summed E-state index contributed by atoms with van der Waals surface area (Å²) in [4.78, 5) is 18.3. The number of imidazole rings is 1. The number of thiazole rings is 1. The maximum atomic E-state index is 12.8. The van der Waals surface area contributed by atoms with Crippen molar-refractivity contribution in [2.24, 2.45) is 5.41 Å². The molecule has 0 saturated carbocycles. The third-order valence-corrected chi connectivity index (χ3v) is 12.7. The van der Waals surface area contributed by atoms with E-state index in [1.807, 2.05) is 38.4 Å². The topological polar surface area (TPSA) is 34.4 Å². The van der Waals surface area contributed by atoms with Gasteiger partial charge in [0.1, 0.15) is 0 Å². The fraction of sp³-hybridized carbons (Fsp3) is 0.739. The monoisotopic (exact) mass is 510 g/mol. The van der Waals surface area contributed by atoms with Crippen molar-refractivity contribution >= 4 is 46.0 Å². The van der Waals surface area contributed by atoms with Crippen LogP contribution in [0.4, 0.5) is 0 Å². The third-order valence-electron chi connectivity index (χ3n) is 5.52. The molecule has 0 N–H and O–H groups in total. The average Bonchev–Trinajstić information content (AvgIpc) is 3.21. The summed E-state index contributed by atoms with van der Waals surface area (Å²) in [5.41, 5.74) is 0.288. The molecular weight excluding hydrogens is 471 g/mol. The molecule has 0 bridgehead atoms. The Labute approximate surface area is 185 Å². The average molecular weight is 509 g/mol. The fourth-order valence-corrected chi connectivity index (χ4v) is 12.0. The maximum absolute atomic E-state index is 12.8. The van der Waals surface area contributed by atoms with Gasteiger partial charge in [-0.2, -0.15) is 0 Å². The standard InChI is InChI=1S/C13H27.C10H11N2OS.Sn/c1-4-7-10-13(11-8-5-2)12-9-6-3;1-10(2,3)8(13)7-9-12(6-11-7)4-5-14-9;/h4-12H2,1-3H3;4,6H,1-3H3;. The van der Waals surface area contributed by atoms with Crippen molar-refractivity contribution in [3.8, 4) is 0 Å². The number of aromatic nitrogens is 2. The zero-order valence-corrected chi connectivity index (χ0v) is 22.4. The molecule has 0 aromatic carbocycles. The van der Waals surface area contributed by atoms with E-state index in [1.165, 1.54) is 57.8 Å². The van der Waals surface area contributed by atoms with Gasteiger partial charge in [-0.15, -0.1) is 0 Å². The van der Waals surface area contributed by atoms with Crippen LogP contribution in [0.1, 0.15) is 110 Å². The second kappa shape index (κ2) is 10.6. The number of hydrogen-bond donors (Lipinski definition) is 0. The van der Waals surface area contributed by atoms with Crippen molar-refractivity contribution in [2.75, 3.05) is 0 Å². The molecule has 0 fully saturated rings. The SMILES string of the molecule is CCCC[C](CCCC)(CCCC)[Sn][c]1cn2cnc(C(=O)C(C)(C)C)c2s1. The Kier molecular flexibility index (Phi) is 9.06. The predicted octanol–water partition coefficient (Wildman–Crippen LogP) is 6.68. The molecule has 2 heterocycles.